The van der Waals surface area contributed by atoms with Gasteiger partial charge in [-0.15, -0.1) is 0 Å². The minimum absolute atomic E-state index is 0.168. The van der Waals surface area contributed by atoms with Crippen LogP contribution in [0.1, 0.15) is 44.7 Å². The van der Waals surface area contributed by atoms with Gasteiger partial charge in [-0.25, -0.2) is 4.79 Å². The molecule has 4 rings (SSSR count). The molecule has 0 aromatic heterocycles. The topological polar surface area (TPSA) is 43.4 Å². The molecule has 140 valence electrons. The zero-order valence-electron chi connectivity index (χ0n) is 15.7. The molecule has 3 heteroatoms. The first-order valence-corrected chi connectivity index (χ1v) is 9.69. The number of carbonyl (C=O) groups excluding carboxylic acids is 2. The van der Waals surface area contributed by atoms with Crippen LogP contribution < -0.4 is 0 Å². The van der Waals surface area contributed by atoms with Crippen LogP contribution >= 0.6 is 0 Å². The second-order valence-corrected chi connectivity index (χ2v) is 7.10. The summed E-state index contributed by atoms with van der Waals surface area (Å²) in [5.74, 6) is -0.648. The van der Waals surface area contributed by atoms with Crippen molar-refractivity contribution in [3.63, 3.8) is 0 Å². The summed E-state index contributed by atoms with van der Waals surface area (Å²) in [7, 11) is 0. The fraction of sp³-hybridized carbons (Fsp3) is 0.200. The summed E-state index contributed by atoms with van der Waals surface area (Å²) in [6.45, 7) is -0.249. The molecule has 3 aromatic rings. The summed E-state index contributed by atoms with van der Waals surface area (Å²) >= 11 is 0. The van der Waals surface area contributed by atoms with Gasteiger partial charge in [0.2, 0.25) is 0 Å². The highest BCUT2D eigenvalue weighted by atomic mass is 16.5. The van der Waals surface area contributed by atoms with E-state index < -0.39 is 5.97 Å². The first-order chi connectivity index (χ1) is 13.7. The molecule has 0 fully saturated rings. The number of Topliss-reactive ketones (excluding diaryl/α,β-unsaturated/α-hetero) is 1. The molecule has 0 aliphatic heterocycles. The standard InChI is InChI=1S/C25H22O3/c26-24(21-15-14-18-8-4-5-11-20(18)16-21)17-28-25(27)23-13-7-6-12-22(23)19-9-2-1-3-10-19/h1-3,6-7,9-10,12-16H,4-5,8,11,17H2. The lowest BCUT2D eigenvalue weighted by molar-refractivity contribution is 0.0475. The zero-order chi connectivity index (χ0) is 19.3. The fourth-order valence-corrected chi connectivity index (χ4v) is 3.73. The van der Waals surface area contributed by atoms with Crippen LogP contribution in [-0.2, 0) is 17.6 Å². The lowest BCUT2D eigenvalue weighted by Gasteiger charge is -2.16. The van der Waals surface area contributed by atoms with Crippen LogP contribution in [0, 0.1) is 0 Å². The summed E-state index contributed by atoms with van der Waals surface area (Å²) in [4.78, 5) is 25.2. The monoisotopic (exact) mass is 370 g/mol. The molecule has 0 spiro atoms. The van der Waals surface area contributed by atoms with Gasteiger partial charge in [-0.3, -0.25) is 4.79 Å². The molecule has 0 saturated carbocycles. The number of benzene rings is 3. The van der Waals surface area contributed by atoms with Crippen molar-refractivity contribution in [2.24, 2.45) is 0 Å². The smallest absolute Gasteiger partial charge is 0.339 e. The molecular formula is C25H22O3. The highest BCUT2D eigenvalue weighted by Crippen LogP contribution is 2.25. The number of ketones is 1. The minimum Gasteiger partial charge on any atom is -0.454 e. The van der Waals surface area contributed by atoms with Gasteiger partial charge in [-0.05, 0) is 60.1 Å². The Morgan fingerprint density at radius 3 is 2.32 bits per heavy atom. The van der Waals surface area contributed by atoms with E-state index in [1.165, 1.54) is 17.5 Å². The second kappa shape index (κ2) is 8.22. The van der Waals surface area contributed by atoms with E-state index in [2.05, 4.69) is 0 Å². The van der Waals surface area contributed by atoms with Crippen LogP contribution in [0.15, 0.2) is 72.8 Å². The van der Waals surface area contributed by atoms with Gasteiger partial charge in [-0.2, -0.15) is 0 Å². The quantitative estimate of drug-likeness (QED) is 0.454. The Bertz CT molecular complexity index is 1010. The van der Waals surface area contributed by atoms with Gasteiger partial charge < -0.3 is 4.74 Å². The molecule has 1 aliphatic rings. The summed E-state index contributed by atoms with van der Waals surface area (Å²) in [6.07, 6.45) is 4.46. The molecule has 0 N–H and O–H groups in total. The second-order valence-electron chi connectivity index (χ2n) is 7.10. The maximum atomic E-state index is 12.6. The number of esters is 1. The van der Waals surface area contributed by atoms with E-state index in [0.29, 0.717) is 11.1 Å². The van der Waals surface area contributed by atoms with Crippen molar-refractivity contribution in [3.05, 3.63) is 95.1 Å². The van der Waals surface area contributed by atoms with E-state index in [9.17, 15) is 9.59 Å². The van der Waals surface area contributed by atoms with Crippen molar-refractivity contribution >= 4 is 11.8 Å². The number of rotatable bonds is 5. The van der Waals surface area contributed by atoms with Crippen molar-refractivity contribution in [1.82, 2.24) is 0 Å². The highest BCUT2D eigenvalue weighted by molar-refractivity contribution is 6.01. The lowest BCUT2D eigenvalue weighted by atomic mass is 9.90. The molecule has 28 heavy (non-hydrogen) atoms. The molecular weight excluding hydrogens is 348 g/mol. The lowest BCUT2D eigenvalue weighted by Crippen LogP contribution is -2.15. The van der Waals surface area contributed by atoms with Crippen LogP contribution in [0.4, 0.5) is 0 Å². The number of carbonyl (C=O) groups is 2. The molecule has 0 atom stereocenters. The van der Waals surface area contributed by atoms with E-state index in [1.54, 1.807) is 12.1 Å². The number of fused-ring (bicyclic) bond motifs is 1. The van der Waals surface area contributed by atoms with E-state index in [-0.39, 0.29) is 12.4 Å². The largest absolute Gasteiger partial charge is 0.454 e. The van der Waals surface area contributed by atoms with Crippen LogP contribution in [-0.4, -0.2) is 18.4 Å². The molecule has 3 nitrogen and oxygen atoms in total. The average molecular weight is 370 g/mol. The summed E-state index contributed by atoms with van der Waals surface area (Å²) < 4.78 is 5.36. The third kappa shape index (κ3) is 3.89. The Morgan fingerprint density at radius 1 is 0.786 bits per heavy atom. The Labute approximate surface area is 165 Å². The van der Waals surface area contributed by atoms with Gasteiger partial charge in [0.15, 0.2) is 12.4 Å². The van der Waals surface area contributed by atoms with Crippen molar-refractivity contribution in [1.29, 1.82) is 0 Å². The molecule has 3 aromatic carbocycles. The summed E-state index contributed by atoms with van der Waals surface area (Å²) in [6, 6.07) is 22.8. The molecule has 0 unspecified atom stereocenters. The molecule has 0 bridgehead atoms. The third-order valence-corrected chi connectivity index (χ3v) is 5.24. The number of ether oxygens (including phenoxy) is 1. The Hall–Kier alpha value is -3.20. The molecule has 0 heterocycles. The average Bonchev–Trinajstić information content (AvgIpc) is 2.77. The van der Waals surface area contributed by atoms with Crippen molar-refractivity contribution < 1.29 is 14.3 Å². The first-order valence-electron chi connectivity index (χ1n) is 9.69. The fourth-order valence-electron chi connectivity index (χ4n) is 3.73. The first kappa shape index (κ1) is 18.2. The van der Waals surface area contributed by atoms with Gasteiger partial charge in [0.05, 0.1) is 5.56 Å². The normalized spacial score (nSPS) is 12.9. The van der Waals surface area contributed by atoms with Crippen LogP contribution in [0.5, 0.6) is 0 Å². The van der Waals surface area contributed by atoms with Crippen molar-refractivity contribution in [3.8, 4) is 11.1 Å². The van der Waals surface area contributed by atoms with E-state index in [1.807, 2.05) is 60.7 Å². The molecule has 0 saturated heterocycles. The molecule has 1 aliphatic carbocycles. The predicted molar refractivity (Wildman–Crippen MR) is 110 cm³/mol. The Balaban J connectivity index is 1.47. The van der Waals surface area contributed by atoms with Gasteiger partial charge in [-0.1, -0.05) is 60.7 Å². The zero-order valence-corrected chi connectivity index (χ0v) is 15.7. The van der Waals surface area contributed by atoms with Crippen LogP contribution in [0.2, 0.25) is 0 Å². The third-order valence-electron chi connectivity index (χ3n) is 5.24. The SMILES string of the molecule is O=C(COC(=O)c1ccccc1-c1ccccc1)c1ccc2c(c1)CCCC2. The predicted octanol–water partition coefficient (Wildman–Crippen LogP) is 5.27. The highest BCUT2D eigenvalue weighted by Gasteiger charge is 2.17. The Kier molecular flexibility index (Phi) is 5.34. The van der Waals surface area contributed by atoms with Gasteiger partial charge in [0.1, 0.15) is 0 Å². The van der Waals surface area contributed by atoms with Crippen molar-refractivity contribution in [2.75, 3.05) is 6.61 Å². The molecule has 0 radical (unpaired) electrons. The number of hydrogen-bond acceptors (Lipinski definition) is 3. The van der Waals surface area contributed by atoms with Crippen LogP contribution in [0.25, 0.3) is 11.1 Å². The van der Waals surface area contributed by atoms with Gasteiger partial charge in [0, 0.05) is 5.56 Å². The minimum atomic E-state index is -0.481. The number of hydrogen-bond donors (Lipinski definition) is 0. The van der Waals surface area contributed by atoms with Gasteiger partial charge >= 0.3 is 5.97 Å². The molecule has 0 amide bonds. The van der Waals surface area contributed by atoms with E-state index in [4.69, 9.17) is 4.74 Å². The Morgan fingerprint density at radius 2 is 1.50 bits per heavy atom. The maximum absolute atomic E-state index is 12.6. The van der Waals surface area contributed by atoms with Crippen LogP contribution in [0.3, 0.4) is 0 Å². The van der Waals surface area contributed by atoms with Crippen molar-refractivity contribution in [2.45, 2.75) is 25.7 Å². The van der Waals surface area contributed by atoms with E-state index >= 15 is 0 Å². The summed E-state index contributed by atoms with van der Waals surface area (Å²) in [5, 5.41) is 0. The van der Waals surface area contributed by atoms with E-state index in [0.717, 1.165) is 30.4 Å². The maximum Gasteiger partial charge on any atom is 0.339 e. The summed E-state index contributed by atoms with van der Waals surface area (Å²) in [5.41, 5.74) is 5.40. The van der Waals surface area contributed by atoms with Gasteiger partial charge in [0.25, 0.3) is 0 Å². The number of aryl methyl sites for hydroxylation is 2.